The number of rotatable bonds is 16. The number of fused-ring (bicyclic) bond motifs is 4. The molecule has 119 heavy (non-hydrogen) atoms. The van der Waals surface area contributed by atoms with Gasteiger partial charge in [0.2, 0.25) is 0 Å². The van der Waals surface area contributed by atoms with E-state index in [1.54, 1.807) is 78.9 Å². The first-order valence-corrected chi connectivity index (χ1v) is 46.4. The van der Waals surface area contributed by atoms with Crippen LogP contribution in [-0.4, -0.2) is 389 Å². The number of hydrogen-bond acceptors (Lipinski definition) is 43. The van der Waals surface area contributed by atoms with Crippen molar-refractivity contribution in [1.82, 2.24) is 0 Å². The van der Waals surface area contributed by atoms with E-state index < -0.39 is 183 Å². The van der Waals surface area contributed by atoms with Crippen LogP contribution in [0.15, 0.2) is 0 Å². The summed E-state index contributed by atoms with van der Waals surface area (Å²) in [4.78, 5) is 10.8. The molecular weight excluding hydrogens is 1690 g/mol. The second-order valence-electron chi connectivity index (χ2n) is 35.5. The Bertz CT molecular complexity index is 3490. The molecule has 45 heteroatoms. The third-order valence-electron chi connectivity index (χ3n) is 20.3. The molecule has 0 aliphatic carbocycles. The number of hydrogen-bond donors (Lipinski definition) is 10. The molecule has 14 unspecified atom stereocenters. The zero-order chi connectivity index (χ0) is 88.9. The summed E-state index contributed by atoms with van der Waals surface area (Å²) >= 11 is 5.06. The Labute approximate surface area is 708 Å². The van der Waals surface area contributed by atoms with Crippen LogP contribution in [0.2, 0.25) is 0 Å². The topological polar surface area (TPSA) is 518 Å². The Kier molecular flexibility index (Phi) is 33.7. The van der Waals surface area contributed by atoms with E-state index in [0.717, 1.165) is 29.8 Å². The fourth-order valence-electron chi connectivity index (χ4n) is 15.7. The summed E-state index contributed by atoms with van der Waals surface area (Å²) < 4.78 is 185. The van der Waals surface area contributed by atoms with E-state index in [0.29, 0.717) is 25.1 Å². The van der Waals surface area contributed by atoms with E-state index in [2.05, 4.69) is 4.74 Å². The molecular formula is C74H130O40S5. The van der Waals surface area contributed by atoms with Crippen LogP contribution in [-0.2, 0) is 142 Å². The molecule has 15 saturated heterocycles. The van der Waals surface area contributed by atoms with Crippen LogP contribution >= 0.6 is 35.3 Å². The number of thioether (sulfide) groups is 3. The maximum Gasteiger partial charge on any atom is 0.303 e. The maximum absolute atomic E-state index is 11.8. The van der Waals surface area contributed by atoms with Gasteiger partial charge in [-0.3, -0.25) is 13.2 Å². The number of esters is 1. The third-order valence-corrected chi connectivity index (χ3v) is 25.6. The van der Waals surface area contributed by atoms with Crippen molar-refractivity contribution in [3.63, 3.8) is 0 Å². The van der Waals surface area contributed by atoms with Gasteiger partial charge in [0.1, 0.15) is 122 Å². The van der Waals surface area contributed by atoms with Gasteiger partial charge < -0.3 is 160 Å². The highest BCUT2D eigenvalue weighted by molar-refractivity contribution is 8.00. The van der Waals surface area contributed by atoms with Crippen molar-refractivity contribution in [3.8, 4) is 0 Å². The molecule has 15 heterocycles. The van der Waals surface area contributed by atoms with Crippen molar-refractivity contribution in [3.05, 3.63) is 0 Å². The summed E-state index contributed by atoms with van der Waals surface area (Å²) in [6.07, 6.45) is -14.2. The number of carbonyl (C=O) groups is 1. The highest BCUT2D eigenvalue weighted by Gasteiger charge is 2.61. The van der Waals surface area contributed by atoms with E-state index in [1.165, 1.54) is 6.92 Å². The summed E-state index contributed by atoms with van der Waals surface area (Å²) in [5, 5.41) is 92.8. The quantitative estimate of drug-likeness (QED) is 0.0720. The van der Waals surface area contributed by atoms with E-state index >= 15 is 0 Å². The summed E-state index contributed by atoms with van der Waals surface area (Å²) in [7, 11) is -7.59. The molecule has 0 aromatic carbocycles. The molecule has 15 aliphatic rings. The molecule has 15 aliphatic heterocycles. The van der Waals surface area contributed by atoms with E-state index in [1.807, 2.05) is 94.8 Å². The fourth-order valence-corrected chi connectivity index (χ4v) is 20.8. The molecule has 0 bridgehead atoms. The van der Waals surface area contributed by atoms with Crippen molar-refractivity contribution in [2.75, 3.05) is 82.6 Å². The van der Waals surface area contributed by atoms with Gasteiger partial charge in [0.25, 0.3) is 20.2 Å². The molecule has 0 spiro atoms. The van der Waals surface area contributed by atoms with Gasteiger partial charge in [-0.05, 0) is 138 Å². The second kappa shape index (κ2) is 39.4. The number of aliphatic hydroxyl groups is 10. The molecule has 696 valence electrons. The third kappa shape index (κ3) is 28.0. The van der Waals surface area contributed by atoms with Crippen LogP contribution in [0.4, 0.5) is 0 Å². The lowest BCUT2D eigenvalue weighted by Gasteiger charge is -2.37. The molecule has 15 fully saturated rings. The number of aliphatic hydroxyl groups excluding tert-OH is 10. The average Bonchev–Trinajstić information content (AvgIpc) is 1.61. The van der Waals surface area contributed by atoms with Crippen LogP contribution in [0.5, 0.6) is 0 Å². The minimum atomic E-state index is -3.87. The molecule has 0 aromatic rings. The molecule has 15 rings (SSSR count). The van der Waals surface area contributed by atoms with Crippen LogP contribution in [0.1, 0.15) is 145 Å². The normalized spacial score (nSPS) is 42.0. The summed E-state index contributed by atoms with van der Waals surface area (Å²) in [5.74, 6) is -4.48. The summed E-state index contributed by atoms with van der Waals surface area (Å²) in [6, 6.07) is 0. The Morgan fingerprint density at radius 1 is 0.412 bits per heavy atom. The molecule has 29 atom stereocenters. The van der Waals surface area contributed by atoms with E-state index in [-0.39, 0.29) is 104 Å². The minimum Gasteiger partial charge on any atom is -0.449 e. The van der Waals surface area contributed by atoms with Crippen LogP contribution < -0.4 is 0 Å². The van der Waals surface area contributed by atoms with Crippen LogP contribution in [0.25, 0.3) is 0 Å². The zero-order valence-electron chi connectivity index (χ0n) is 71.8. The van der Waals surface area contributed by atoms with E-state index in [4.69, 9.17) is 143 Å². The van der Waals surface area contributed by atoms with Crippen molar-refractivity contribution in [2.24, 2.45) is 0 Å². The molecule has 0 amide bonds. The SMILES string of the molecule is CC(=O)O[C@H]1SCC2OC(C)(C)O[C@@H]21.CC1(C)OC2CS[C@@H](C(O)CO)[C@H]2O1.CC1(C)OCC([C@@H](O)C2OC(C)(C)O[C@H]2CO)O1.CC1(C)OCC([C@@H](OS(C)(=O)=O)C2OC(C)(C)O[C@H]2COS(C)(=O)=O)O1.CC1(C)OCC([C@@H]2SCC3OC(C)(C)O[C@@H]32)O1.CC1(C)OCC([C@H]2OC(O)[C@@H]3OC(C)(C)OC23)O1.OCC1O[C@@H](O)C(O)[C@H](O)[C@@H]1O. The van der Waals surface area contributed by atoms with Gasteiger partial charge in [0.15, 0.2) is 75.9 Å². The van der Waals surface area contributed by atoms with Gasteiger partial charge in [-0.15, -0.1) is 11.8 Å². The monoisotopic (exact) mass is 1820 g/mol. The molecule has 0 radical (unpaired) electrons. The predicted molar refractivity (Wildman–Crippen MR) is 417 cm³/mol. The largest absolute Gasteiger partial charge is 0.449 e. The highest BCUT2D eigenvalue weighted by atomic mass is 32.2. The smallest absolute Gasteiger partial charge is 0.303 e. The van der Waals surface area contributed by atoms with Crippen LogP contribution in [0.3, 0.4) is 0 Å². The lowest BCUT2D eigenvalue weighted by molar-refractivity contribution is -0.286. The van der Waals surface area contributed by atoms with Crippen molar-refractivity contribution >= 4 is 61.5 Å². The Morgan fingerprint density at radius 3 is 1.35 bits per heavy atom. The van der Waals surface area contributed by atoms with Gasteiger partial charge in [-0.2, -0.15) is 40.4 Å². The summed E-state index contributed by atoms with van der Waals surface area (Å²) in [5.41, 5.74) is -0.209. The highest BCUT2D eigenvalue weighted by Crippen LogP contribution is 2.48. The van der Waals surface area contributed by atoms with Crippen molar-refractivity contribution in [1.29, 1.82) is 0 Å². The van der Waals surface area contributed by atoms with Gasteiger partial charge in [-0.25, -0.2) is 0 Å². The zero-order valence-corrected chi connectivity index (χ0v) is 75.9. The fraction of sp³-hybridized carbons (Fsp3) is 0.986. The maximum atomic E-state index is 11.8. The molecule has 0 aromatic heterocycles. The first-order chi connectivity index (χ1) is 54.5. The molecule has 40 nitrogen and oxygen atoms in total. The predicted octanol–water partition coefficient (Wildman–Crippen LogP) is 0.0350. The second-order valence-corrected chi connectivity index (χ2v) is 42.3. The molecule has 0 saturated carbocycles. The van der Waals surface area contributed by atoms with Gasteiger partial charge in [0.05, 0.1) is 100 Å². The van der Waals surface area contributed by atoms with Gasteiger partial charge in [-0.1, -0.05) is 0 Å². The van der Waals surface area contributed by atoms with Crippen molar-refractivity contribution in [2.45, 2.75) is 378 Å². The lowest BCUT2D eigenvalue weighted by Crippen LogP contribution is -2.58. The average molecular weight is 1820 g/mol. The standard InChI is InChI=1S/C14H26O10S2.C12H20O6.C12H22O6.C12H20O4S.C9H16O4S.C9H14O4S.C6H12O6/c1-13(2)19-7-9(21-13)12(24-26(6,17)18)11-10(8-20-25(5,15)16)22-14(3,4)23-11;1-11(2)14-5-6(16-11)7-8-9(10(13)15-7)18-12(3,4)17-8;1-11(2)15-6-8(17-11)9(14)10-7(5-13)16-12(3,4)18-10;1-11(2)13-5-7(14-11)10-9-8(6-17-10)15-12(3,4)16-9;1-9(2)12-6-4-14-8(5(11)3-10)7(6)13-9;1-5(10)11-8-7-6(4-14-8)12-9(2,3)13-7;7-1-2-3(8)4(9)5(10)6(11)12-2/h9-12H,7-8H2,1-6H3;6-10,13H,5H2,1-4H3;7-10,13-14H,5-6H2,1-4H3;7-10H,5-6H2,1-4H3;5-8,10-11H,3-4H2,1-2H3;6-8H,4H2,1-3H3;2-11H,1H2/t9?,10-,11?,12+;6?,7-,8?,9-,10?;7-,8?,9+,10?;7?,8?,9-,10-;5?,6?,7-,8-;6?,7-,8-;2?,3-,4-,5?,6-/m0100001/s1. The van der Waals surface area contributed by atoms with Crippen molar-refractivity contribution < 1.29 is 190 Å². The molecule has 10 N–H and O–H groups in total. The number of carbonyl (C=O) groups excluding carboxylic acids is 1. The number of ether oxygens (including phenoxy) is 23. The first-order valence-electron chi connectivity index (χ1n) is 39.6. The van der Waals surface area contributed by atoms with Crippen LogP contribution in [0, 0.1) is 0 Å². The van der Waals surface area contributed by atoms with Gasteiger partial charge in [0, 0.05) is 24.2 Å². The van der Waals surface area contributed by atoms with Gasteiger partial charge >= 0.3 is 5.97 Å². The Balaban J connectivity index is 0.000000160. The lowest BCUT2D eigenvalue weighted by atomic mass is 10.00. The van der Waals surface area contributed by atoms with E-state index in [9.17, 15) is 42.1 Å². The Morgan fingerprint density at radius 2 is 0.849 bits per heavy atom. The minimum absolute atomic E-state index is 0.0550. The Hall–Kier alpha value is -0.940. The summed E-state index contributed by atoms with van der Waals surface area (Å²) in [6.45, 7) is 38.0. The first kappa shape index (κ1) is 102.